The maximum Gasteiger partial charge on any atom is 0.351 e. The van der Waals surface area contributed by atoms with Crippen molar-refractivity contribution in [2.75, 3.05) is 6.54 Å². The van der Waals surface area contributed by atoms with Crippen LogP contribution < -0.4 is 5.32 Å². The molecule has 0 aromatic carbocycles. The van der Waals surface area contributed by atoms with Crippen molar-refractivity contribution >= 4 is 11.9 Å². The normalized spacial score (nSPS) is 13.9. The predicted octanol–water partition coefficient (Wildman–Crippen LogP) is 0.595. The van der Waals surface area contributed by atoms with Gasteiger partial charge in [-0.3, -0.25) is 0 Å². The Hall–Kier alpha value is -1.78. The molecule has 0 aromatic heterocycles. The summed E-state index contributed by atoms with van der Waals surface area (Å²) in [7, 11) is 0. The zero-order valence-corrected chi connectivity index (χ0v) is 8.07. The predicted molar refractivity (Wildman–Crippen MR) is 50.8 cm³/mol. The van der Waals surface area contributed by atoms with E-state index in [0.717, 1.165) is 6.08 Å². The monoisotopic (exact) mass is 199 g/mol. The zero-order valence-electron chi connectivity index (χ0n) is 8.07. The van der Waals surface area contributed by atoms with Gasteiger partial charge in [-0.25, -0.2) is 9.59 Å². The van der Waals surface area contributed by atoms with Crippen LogP contribution in [0.5, 0.6) is 0 Å². The fourth-order valence-electron chi connectivity index (χ4n) is 0.823. The molecule has 0 fully saturated rings. The van der Waals surface area contributed by atoms with Crippen molar-refractivity contribution in [3.05, 3.63) is 23.4 Å². The quantitative estimate of drug-likeness (QED) is 0.606. The minimum absolute atomic E-state index is 0.00569. The van der Waals surface area contributed by atoms with Crippen molar-refractivity contribution in [2.24, 2.45) is 0 Å². The molecule has 0 bridgehead atoms. The van der Waals surface area contributed by atoms with Gasteiger partial charge in [-0.05, 0) is 6.08 Å². The topological polar surface area (TPSA) is 86.6 Å². The van der Waals surface area contributed by atoms with Crippen molar-refractivity contribution in [3.8, 4) is 0 Å². The van der Waals surface area contributed by atoms with E-state index < -0.39 is 11.9 Å². The third kappa shape index (κ3) is 3.30. The number of hydrogen-bond donors (Lipinski definition) is 3. The summed E-state index contributed by atoms with van der Waals surface area (Å²) >= 11 is 0. The molecule has 1 rings (SSSR count). The van der Waals surface area contributed by atoms with E-state index in [9.17, 15) is 9.59 Å². The molecule has 0 saturated carbocycles. The number of dihydropyridines is 1. The average Bonchev–Trinajstić information content (AvgIpc) is 2.21. The van der Waals surface area contributed by atoms with Crippen LogP contribution in [0.2, 0.25) is 0 Å². The van der Waals surface area contributed by atoms with Crippen LogP contribution in [0, 0.1) is 0 Å². The van der Waals surface area contributed by atoms with Gasteiger partial charge in [0.25, 0.3) is 0 Å². The van der Waals surface area contributed by atoms with Gasteiger partial charge in [0.2, 0.25) is 0 Å². The highest BCUT2D eigenvalue weighted by atomic mass is 16.4. The third-order valence-electron chi connectivity index (χ3n) is 1.39. The molecule has 0 saturated heterocycles. The largest absolute Gasteiger partial charge is 0.478 e. The molecule has 1 heterocycles. The molecule has 1 aliphatic rings. The molecule has 1 aliphatic heterocycles. The van der Waals surface area contributed by atoms with E-state index in [0.29, 0.717) is 0 Å². The standard InChI is InChI=1S/C7H7NO4.C2H6/c9-6(10)4-1-2-8-5(3-4)7(11)12;1-2/h1,3,8H,2H2,(H,9,10)(H,11,12);1-2H3. The summed E-state index contributed by atoms with van der Waals surface area (Å²) < 4.78 is 0. The number of rotatable bonds is 2. The Labute approximate surface area is 81.7 Å². The summed E-state index contributed by atoms with van der Waals surface area (Å²) in [5.41, 5.74) is -0.0824. The van der Waals surface area contributed by atoms with Crippen molar-refractivity contribution in [3.63, 3.8) is 0 Å². The Balaban J connectivity index is 0.000000791. The first-order valence-electron chi connectivity index (χ1n) is 4.23. The number of aliphatic carboxylic acids is 2. The Morgan fingerprint density at radius 3 is 2.29 bits per heavy atom. The second kappa shape index (κ2) is 5.80. The first-order valence-corrected chi connectivity index (χ1v) is 4.23. The second-order valence-electron chi connectivity index (χ2n) is 2.21. The Morgan fingerprint density at radius 1 is 1.29 bits per heavy atom. The number of carboxylic acids is 2. The Bertz CT molecular complexity index is 291. The Morgan fingerprint density at radius 2 is 1.86 bits per heavy atom. The Kier molecular flexibility index (Phi) is 5.06. The highest BCUT2D eigenvalue weighted by molar-refractivity contribution is 5.95. The van der Waals surface area contributed by atoms with Crippen molar-refractivity contribution < 1.29 is 19.8 Å². The van der Waals surface area contributed by atoms with Gasteiger partial charge < -0.3 is 15.5 Å². The van der Waals surface area contributed by atoms with Gasteiger partial charge in [-0.15, -0.1) is 0 Å². The van der Waals surface area contributed by atoms with Crippen molar-refractivity contribution in [1.82, 2.24) is 5.32 Å². The molecular formula is C9H13NO4. The molecule has 78 valence electrons. The molecule has 0 atom stereocenters. The van der Waals surface area contributed by atoms with Gasteiger partial charge in [-0.2, -0.15) is 0 Å². The molecule has 5 heteroatoms. The summed E-state index contributed by atoms with van der Waals surface area (Å²) in [5.74, 6) is -2.27. The number of carbonyl (C=O) groups is 2. The van der Waals surface area contributed by atoms with Gasteiger partial charge in [0, 0.05) is 6.54 Å². The number of hydrogen-bond acceptors (Lipinski definition) is 3. The molecule has 0 radical (unpaired) electrons. The van der Waals surface area contributed by atoms with E-state index >= 15 is 0 Å². The average molecular weight is 199 g/mol. The minimum Gasteiger partial charge on any atom is -0.478 e. The highest BCUT2D eigenvalue weighted by Crippen LogP contribution is 2.05. The number of carboxylic acid groups (broad SMARTS) is 2. The first-order chi connectivity index (χ1) is 6.61. The van der Waals surface area contributed by atoms with Crippen molar-refractivity contribution in [1.29, 1.82) is 0 Å². The SMILES string of the molecule is CC.O=C(O)C1=CCNC(C(=O)O)=C1. The number of nitrogens with one attached hydrogen (secondary N) is 1. The lowest BCUT2D eigenvalue weighted by Crippen LogP contribution is -2.24. The van der Waals surface area contributed by atoms with Crippen LogP contribution in [0.25, 0.3) is 0 Å². The van der Waals surface area contributed by atoms with Crippen LogP contribution in [0.3, 0.4) is 0 Å². The molecule has 0 unspecified atom stereocenters. The lowest BCUT2D eigenvalue weighted by atomic mass is 10.1. The lowest BCUT2D eigenvalue weighted by Gasteiger charge is -2.09. The van der Waals surface area contributed by atoms with Crippen LogP contribution in [-0.4, -0.2) is 28.7 Å². The molecule has 0 aliphatic carbocycles. The van der Waals surface area contributed by atoms with E-state index in [1.165, 1.54) is 6.08 Å². The van der Waals surface area contributed by atoms with E-state index in [-0.39, 0.29) is 17.8 Å². The summed E-state index contributed by atoms with van der Waals surface area (Å²) in [6.07, 6.45) is 2.50. The molecule has 3 N–H and O–H groups in total. The summed E-state index contributed by atoms with van der Waals surface area (Å²) in [4.78, 5) is 20.8. The van der Waals surface area contributed by atoms with E-state index in [1.54, 1.807) is 0 Å². The van der Waals surface area contributed by atoms with E-state index in [1.807, 2.05) is 13.8 Å². The van der Waals surface area contributed by atoms with Gasteiger partial charge in [-0.1, -0.05) is 19.9 Å². The fraction of sp³-hybridized carbons (Fsp3) is 0.333. The van der Waals surface area contributed by atoms with Crippen LogP contribution in [0.1, 0.15) is 13.8 Å². The smallest absolute Gasteiger partial charge is 0.351 e. The maximum absolute atomic E-state index is 10.4. The first kappa shape index (κ1) is 12.2. The summed E-state index contributed by atoms with van der Waals surface area (Å²) in [6.45, 7) is 4.24. The highest BCUT2D eigenvalue weighted by Gasteiger charge is 2.14. The minimum atomic E-state index is -1.15. The molecule has 5 nitrogen and oxygen atoms in total. The lowest BCUT2D eigenvalue weighted by molar-refractivity contribution is -0.133. The van der Waals surface area contributed by atoms with Gasteiger partial charge in [0.15, 0.2) is 0 Å². The fourth-order valence-corrected chi connectivity index (χ4v) is 0.823. The molecule has 0 aromatic rings. The molecule has 0 spiro atoms. The maximum atomic E-state index is 10.4. The second-order valence-corrected chi connectivity index (χ2v) is 2.21. The van der Waals surface area contributed by atoms with Crippen LogP contribution in [0.15, 0.2) is 23.4 Å². The molecule has 14 heavy (non-hydrogen) atoms. The summed E-state index contributed by atoms with van der Waals surface area (Å²) in [5, 5.41) is 19.5. The van der Waals surface area contributed by atoms with Gasteiger partial charge in [0.05, 0.1) is 5.57 Å². The van der Waals surface area contributed by atoms with Crippen LogP contribution >= 0.6 is 0 Å². The third-order valence-corrected chi connectivity index (χ3v) is 1.39. The van der Waals surface area contributed by atoms with Crippen LogP contribution in [-0.2, 0) is 9.59 Å². The van der Waals surface area contributed by atoms with Gasteiger partial charge in [0.1, 0.15) is 5.70 Å². The van der Waals surface area contributed by atoms with Crippen molar-refractivity contribution in [2.45, 2.75) is 13.8 Å². The van der Waals surface area contributed by atoms with E-state index in [4.69, 9.17) is 10.2 Å². The van der Waals surface area contributed by atoms with Gasteiger partial charge >= 0.3 is 11.9 Å². The summed E-state index contributed by atoms with van der Waals surface area (Å²) in [6, 6.07) is 0. The van der Waals surface area contributed by atoms with E-state index in [2.05, 4.69) is 5.32 Å². The molecule has 0 amide bonds. The molecular weight excluding hydrogens is 186 g/mol. The zero-order chi connectivity index (χ0) is 11.1. The van der Waals surface area contributed by atoms with Crippen LogP contribution in [0.4, 0.5) is 0 Å².